The van der Waals surface area contributed by atoms with Crippen LogP contribution in [0.2, 0.25) is 0 Å². The molecule has 2 aromatic rings. The van der Waals surface area contributed by atoms with Crippen molar-refractivity contribution in [2.24, 2.45) is 0 Å². The lowest BCUT2D eigenvalue weighted by atomic mass is 10.1. The zero-order chi connectivity index (χ0) is 15.4. The second kappa shape index (κ2) is 6.72. The topological polar surface area (TPSA) is 54.0 Å². The van der Waals surface area contributed by atoms with Gasteiger partial charge in [0.1, 0.15) is 0 Å². The van der Waals surface area contributed by atoms with E-state index in [1.165, 1.54) is 4.88 Å². The van der Waals surface area contributed by atoms with Crippen LogP contribution in [0.1, 0.15) is 38.4 Å². The van der Waals surface area contributed by atoms with Gasteiger partial charge in [-0.05, 0) is 51.5 Å². The third-order valence-corrected chi connectivity index (χ3v) is 4.34. The first-order valence-corrected chi connectivity index (χ1v) is 7.88. The first kappa shape index (κ1) is 15.5. The van der Waals surface area contributed by atoms with Gasteiger partial charge in [0.2, 0.25) is 0 Å². The average Bonchev–Trinajstić information content (AvgIpc) is 2.76. The molecule has 0 bridgehead atoms. The molecule has 0 unspecified atom stereocenters. The standard InChI is InChI=1S/C16H21N3OS/c1-5-17-16(20)13-6-7-14(10(2)8-13)18-9-15-11(3)19-12(4)21-15/h6-8,18H,5,9H2,1-4H3,(H,17,20). The van der Waals surface area contributed by atoms with Crippen LogP contribution in [0.3, 0.4) is 0 Å². The Balaban J connectivity index is 2.07. The van der Waals surface area contributed by atoms with Gasteiger partial charge in [-0.15, -0.1) is 11.3 Å². The monoisotopic (exact) mass is 303 g/mol. The zero-order valence-electron chi connectivity index (χ0n) is 12.9. The number of carbonyl (C=O) groups is 1. The summed E-state index contributed by atoms with van der Waals surface area (Å²) in [5, 5.41) is 7.32. The maximum Gasteiger partial charge on any atom is 0.251 e. The molecule has 2 rings (SSSR count). The Labute approximate surface area is 129 Å². The highest BCUT2D eigenvalue weighted by molar-refractivity contribution is 7.11. The molecule has 21 heavy (non-hydrogen) atoms. The van der Waals surface area contributed by atoms with Gasteiger partial charge in [-0.3, -0.25) is 4.79 Å². The van der Waals surface area contributed by atoms with Crippen LogP contribution in [0.25, 0.3) is 0 Å². The Morgan fingerprint density at radius 2 is 2.05 bits per heavy atom. The largest absolute Gasteiger partial charge is 0.380 e. The Bertz CT molecular complexity index is 649. The molecule has 0 aliphatic rings. The van der Waals surface area contributed by atoms with E-state index < -0.39 is 0 Å². The zero-order valence-corrected chi connectivity index (χ0v) is 13.7. The van der Waals surface area contributed by atoms with E-state index in [0.717, 1.165) is 28.5 Å². The maximum absolute atomic E-state index is 11.8. The van der Waals surface area contributed by atoms with Gasteiger partial charge < -0.3 is 10.6 Å². The van der Waals surface area contributed by atoms with E-state index in [1.807, 2.05) is 45.9 Å². The number of hydrogen-bond acceptors (Lipinski definition) is 4. The van der Waals surface area contributed by atoms with Crippen molar-refractivity contribution >= 4 is 22.9 Å². The molecule has 1 heterocycles. The molecule has 0 aliphatic heterocycles. The number of rotatable bonds is 5. The predicted molar refractivity (Wildman–Crippen MR) is 88.1 cm³/mol. The molecule has 4 nitrogen and oxygen atoms in total. The molecule has 2 N–H and O–H groups in total. The Morgan fingerprint density at radius 1 is 1.29 bits per heavy atom. The lowest BCUT2D eigenvalue weighted by Crippen LogP contribution is -2.22. The van der Waals surface area contributed by atoms with Crippen molar-refractivity contribution in [2.45, 2.75) is 34.2 Å². The van der Waals surface area contributed by atoms with Crippen molar-refractivity contribution in [1.82, 2.24) is 10.3 Å². The second-order valence-corrected chi connectivity index (χ2v) is 6.27. The summed E-state index contributed by atoms with van der Waals surface area (Å²) in [4.78, 5) is 17.5. The summed E-state index contributed by atoms with van der Waals surface area (Å²) in [6, 6.07) is 5.73. The molecule has 0 radical (unpaired) electrons. The van der Waals surface area contributed by atoms with E-state index in [4.69, 9.17) is 0 Å². The summed E-state index contributed by atoms with van der Waals surface area (Å²) in [6.07, 6.45) is 0. The number of carbonyl (C=O) groups excluding carboxylic acids is 1. The van der Waals surface area contributed by atoms with E-state index in [2.05, 4.69) is 15.6 Å². The molecule has 1 amide bonds. The van der Waals surface area contributed by atoms with Crippen molar-refractivity contribution in [3.8, 4) is 0 Å². The van der Waals surface area contributed by atoms with Gasteiger partial charge in [0.15, 0.2) is 0 Å². The molecule has 0 spiro atoms. The summed E-state index contributed by atoms with van der Waals surface area (Å²) in [5.74, 6) is -0.0268. The van der Waals surface area contributed by atoms with Crippen LogP contribution in [-0.2, 0) is 6.54 Å². The fourth-order valence-corrected chi connectivity index (χ4v) is 3.06. The quantitative estimate of drug-likeness (QED) is 0.889. The summed E-state index contributed by atoms with van der Waals surface area (Å²) < 4.78 is 0. The highest BCUT2D eigenvalue weighted by atomic mass is 32.1. The number of hydrogen-bond donors (Lipinski definition) is 2. The van der Waals surface area contributed by atoms with Crippen LogP contribution in [0.15, 0.2) is 18.2 Å². The average molecular weight is 303 g/mol. The Morgan fingerprint density at radius 3 is 2.62 bits per heavy atom. The number of nitrogens with one attached hydrogen (secondary N) is 2. The summed E-state index contributed by atoms with van der Waals surface area (Å²) >= 11 is 1.72. The van der Waals surface area contributed by atoms with Crippen LogP contribution < -0.4 is 10.6 Å². The van der Waals surface area contributed by atoms with Gasteiger partial charge >= 0.3 is 0 Å². The number of anilines is 1. The van der Waals surface area contributed by atoms with Gasteiger partial charge in [0.05, 0.1) is 17.2 Å². The van der Waals surface area contributed by atoms with Gasteiger partial charge in [0.25, 0.3) is 5.91 Å². The molecule has 0 fully saturated rings. The number of aryl methyl sites for hydroxylation is 3. The molecule has 0 saturated carbocycles. The van der Waals surface area contributed by atoms with E-state index in [-0.39, 0.29) is 5.91 Å². The van der Waals surface area contributed by atoms with Gasteiger partial charge in [0, 0.05) is 22.7 Å². The first-order chi connectivity index (χ1) is 10.0. The molecular formula is C16H21N3OS. The van der Waals surface area contributed by atoms with E-state index in [1.54, 1.807) is 11.3 Å². The minimum absolute atomic E-state index is 0.0268. The van der Waals surface area contributed by atoms with Crippen molar-refractivity contribution in [1.29, 1.82) is 0 Å². The van der Waals surface area contributed by atoms with Crippen LogP contribution in [0.5, 0.6) is 0 Å². The van der Waals surface area contributed by atoms with E-state index in [9.17, 15) is 4.79 Å². The lowest BCUT2D eigenvalue weighted by Gasteiger charge is -2.11. The molecular weight excluding hydrogens is 282 g/mol. The van der Waals surface area contributed by atoms with Crippen molar-refractivity contribution in [3.63, 3.8) is 0 Å². The first-order valence-electron chi connectivity index (χ1n) is 7.07. The van der Waals surface area contributed by atoms with Gasteiger partial charge in [-0.2, -0.15) is 0 Å². The molecule has 0 atom stereocenters. The fraction of sp³-hybridized carbons (Fsp3) is 0.375. The van der Waals surface area contributed by atoms with Crippen LogP contribution in [-0.4, -0.2) is 17.4 Å². The Hall–Kier alpha value is -1.88. The van der Waals surface area contributed by atoms with E-state index >= 15 is 0 Å². The third-order valence-electron chi connectivity index (χ3n) is 3.26. The van der Waals surface area contributed by atoms with Crippen LogP contribution >= 0.6 is 11.3 Å². The number of benzene rings is 1. The number of thiazole rings is 1. The Kier molecular flexibility index (Phi) is 4.96. The van der Waals surface area contributed by atoms with Crippen molar-refractivity contribution in [3.05, 3.63) is 44.9 Å². The van der Waals surface area contributed by atoms with Crippen LogP contribution in [0.4, 0.5) is 5.69 Å². The van der Waals surface area contributed by atoms with E-state index in [0.29, 0.717) is 12.1 Å². The van der Waals surface area contributed by atoms with Crippen molar-refractivity contribution < 1.29 is 4.79 Å². The SMILES string of the molecule is CCNC(=O)c1ccc(NCc2sc(C)nc2C)c(C)c1. The molecule has 5 heteroatoms. The minimum atomic E-state index is -0.0268. The minimum Gasteiger partial charge on any atom is -0.380 e. The summed E-state index contributed by atoms with van der Waals surface area (Å²) in [7, 11) is 0. The second-order valence-electron chi connectivity index (χ2n) is 4.98. The molecule has 112 valence electrons. The molecule has 0 aliphatic carbocycles. The highest BCUT2D eigenvalue weighted by Gasteiger charge is 2.08. The predicted octanol–water partition coefficient (Wildman–Crippen LogP) is 3.43. The smallest absolute Gasteiger partial charge is 0.251 e. The lowest BCUT2D eigenvalue weighted by molar-refractivity contribution is 0.0956. The van der Waals surface area contributed by atoms with Gasteiger partial charge in [-0.25, -0.2) is 4.98 Å². The molecule has 0 saturated heterocycles. The normalized spacial score (nSPS) is 10.5. The van der Waals surface area contributed by atoms with Gasteiger partial charge in [-0.1, -0.05) is 0 Å². The summed E-state index contributed by atoms with van der Waals surface area (Å²) in [6.45, 7) is 9.38. The third kappa shape index (κ3) is 3.82. The summed E-state index contributed by atoms with van der Waals surface area (Å²) in [5.41, 5.74) is 3.90. The molecule has 1 aromatic heterocycles. The molecule has 1 aromatic carbocycles. The fourth-order valence-electron chi connectivity index (χ4n) is 2.18. The van der Waals surface area contributed by atoms with Crippen molar-refractivity contribution in [2.75, 3.05) is 11.9 Å². The highest BCUT2D eigenvalue weighted by Crippen LogP contribution is 2.21. The maximum atomic E-state index is 11.8. The number of amides is 1. The number of nitrogens with zero attached hydrogens (tertiary/aromatic N) is 1. The number of aromatic nitrogens is 1. The van der Waals surface area contributed by atoms with Crippen LogP contribution in [0, 0.1) is 20.8 Å².